The fourth-order valence-corrected chi connectivity index (χ4v) is 2.83. The molecule has 0 saturated carbocycles. The highest BCUT2D eigenvalue weighted by atomic mass is 16.2. The van der Waals surface area contributed by atoms with E-state index in [9.17, 15) is 9.59 Å². The second kappa shape index (κ2) is 7.25. The van der Waals surface area contributed by atoms with Gasteiger partial charge in [-0.15, -0.1) is 0 Å². The third-order valence-electron chi connectivity index (χ3n) is 3.90. The molecular formula is C19H20N4O2. The van der Waals surface area contributed by atoms with Gasteiger partial charge in [-0.25, -0.2) is 9.97 Å². The van der Waals surface area contributed by atoms with Crippen molar-refractivity contribution < 1.29 is 4.79 Å². The van der Waals surface area contributed by atoms with Crippen LogP contribution in [0.5, 0.6) is 0 Å². The van der Waals surface area contributed by atoms with Gasteiger partial charge >= 0.3 is 0 Å². The fourth-order valence-electron chi connectivity index (χ4n) is 2.83. The molecule has 0 aliphatic carbocycles. The summed E-state index contributed by atoms with van der Waals surface area (Å²) >= 11 is 0. The summed E-state index contributed by atoms with van der Waals surface area (Å²) in [6, 6.07) is 10.7. The maximum atomic E-state index is 12.2. The lowest BCUT2D eigenvalue weighted by Crippen LogP contribution is -2.30. The Kier molecular flexibility index (Phi) is 4.88. The number of rotatable bonds is 5. The van der Waals surface area contributed by atoms with Gasteiger partial charge in [-0.2, -0.15) is 0 Å². The minimum Gasteiger partial charge on any atom is -0.354 e. The second-order valence-electron chi connectivity index (χ2n) is 5.99. The normalized spacial score (nSPS) is 10.8. The summed E-state index contributed by atoms with van der Waals surface area (Å²) in [5, 5.41) is 3.49. The number of amides is 1. The first-order chi connectivity index (χ1) is 12.0. The quantitative estimate of drug-likeness (QED) is 0.770. The number of aromatic nitrogens is 3. The molecular weight excluding hydrogens is 316 g/mol. The molecule has 0 radical (unpaired) electrons. The Hall–Kier alpha value is -3.02. The molecule has 0 aliphatic heterocycles. The predicted molar refractivity (Wildman–Crippen MR) is 96.4 cm³/mol. The van der Waals surface area contributed by atoms with Crippen molar-refractivity contribution in [1.29, 1.82) is 0 Å². The number of carbonyl (C=O) groups excluding carboxylic acids is 1. The highest BCUT2D eigenvalue weighted by molar-refractivity contribution is 5.82. The summed E-state index contributed by atoms with van der Waals surface area (Å²) in [6.07, 6.45) is 2.23. The first kappa shape index (κ1) is 16.8. The zero-order chi connectivity index (χ0) is 17.8. The third kappa shape index (κ3) is 4.09. The van der Waals surface area contributed by atoms with Crippen LogP contribution in [-0.4, -0.2) is 27.0 Å². The second-order valence-corrected chi connectivity index (χ2v) is 5.99. The molecule has 0 spiro atoms. The zero-order valence-corrected chi connectivity index (χ0v) is 14.3. The lowest BCUT2D eigenvalue weighted by atomic mass is 10.2. The predicted octanol–water partition coefficient (Wildman–Crippen LogP) is 1.77. The van der Waals surface area contributed by atoms with E-state index in [0.717, 1.165) is 22.7 Å². The fraction of sp³-hybridized carbons (Fsp3) is 0.263. The van der Waals surface area contributed by atoms with Crippen LogP contribution in [0.25, 0.3) is 10.9 Å². The van der Waals surface area contributed by atoms with Gasteiger partial charge in [-0.3, -0.25) is 9.59 Å². The van der Waals surface area contributed by atoms with Crippen molar-refractivity contribution >= 4 is 16.8 Å². The van der Waals surface area contributed by atoms with Crippen molar-refractivity contribution in [2.75, 3.05) is 6.54 Å². The van der Waals surface area contributed by atoms with E-state index in [4.69, 9.17) is 0 Å². The molecule has 25 heavy (non-hydrogen) atoms. The monoisotopic (exact) mass is 336 g/mol. The van der Waals surface area contributed by atoms with E-state index < -0.39 is 0 Å². The molecule has 2 heterocycles. The van der Waals surface area contributed by atoms with Gasteiger partial charge in [0.05, 0.1) is 5.52 Å². The van der Waals surface area contributed by atoms with Crippen LogP contribution in [0.3, 0.4) is 0 Å². The van der Waals surface area contributed by atoms with E-state index in [-0.39, 0.29) is 17.9 Å². The first-order valence-electron chi connectivity index (χ1n) is 8.19. The van der Waals surface area contributed by atoms with Crippen LogP contribution in [0.2, 0.25) is 0 Å². The third-order valence-corrected chi connectivity index (χ3v) is 3.90. The standard InChI is InChI=1S/C19H20N4O2/c1-13-11-14(2)22-18(21-13)7-9-20-19(25)12-23-10-8-17(24)15-5-3-4-6-16(15)23/h3-6,8,10-11H,7,9,12H2,1-2H3,(H,20,25). The highest BCUT2D eigenvalue weighted by Gasteiger charge is 2.07. The molecule has 0 unspecified atom stereocenters. The number of carbonyl (C=O) groups is 1. The molecule has 0 aliphatic rings. The average Bonchev–Trinajstić information content (AvgIpc) is 2.57. The van der Waals surface area contributed by atoms with Crippen molar-refractivity contribution in [2.24, 2.45) is 0 Å². The minimum atomic E-state index is -0.113. The molecule has 3 rings (SSSR count). The summed E-state index contributed by atoms with van der Waals surface area (Å²) in [6.45, 7) is 4.49. The molecule has 6 heteroatoms. The van der Waals surface area contributed by atoms with Gasteiger partial charge in [0, 0.05) is 42.0 Å². The largest absolute Gasteiger partial charge is 0.354 e. The van der Waals surface area contributed by atoms with Crippen molar-refractivity contribution in [1.82, 2.24) is 19.9 Å². The van der Waals surface area contributed by atoms with Gasteiger partial charge in [0.15, 0.2) is 5.43 Å². The summed E-state index contributed by atoms with van der Waals surface area (Å²) in [7, 11) is 0. The summed E-state index contributed by atoms with van der Waals surface area (Å²) in [5.74, 6) is 0.616. The Bertz CT molecular complexity index is 958. The summed E-state index contributed by atoms with van der Waals surface area (Å²) in [5.41, 5.74) is 2.56. The van der Waals surface area contributed by atoms with Gasteiger partial charge in [-0.05, 0) is 32.0 Å². The van der Waals surface area contributed by atoms with Crippen molar-refractivity contribution in [3.8, 4) is 0 Å². The van der Waals surface area contributed by atoms with Crippen LogP contribution in [0, 0.1) is 13.8 Å². The molecule has 0 saturated heterocycles. The number of hydrogen-bond donors (Lipinski definition) is 1. The minimum absolute atomic E-state index is 0.0424. The Labute approximate surface area is 145 Å². The number of hydrogen-bond acceptors (Lipinski definition) is 4. The van der Waals surface area contributed by atoms with Gasteiger partial charge in [0.1, 0.15) is 12.4 Å². The molecule has 1 N–H and O–H groups in total. The van der Waals surface area contributed by atoms with Crippen LogP contribution < -0.4 is 10.7 Å². The number of pyridine rings is 1. The van der Waals surface area contributed by atoms with Crippen molar-refractivity contribution in [3.05, 3.63) is 70.0 Å². The molecule has 128 valence electrons. The maximum absolute atomic E-state index is 12.2. The molecule has 3 aromatic rings. The van der Waals surface area contributed by atoms with E-state index in [1.54, 1.807) is 16.8 Å². The number of aryl methyl sites for hydroxylation is 2. The maximum Gasteiger partial charge on any atom is 0.239 e. The van der Waals surface area contributed by atoms with Gasteiger partial charge in [-0.1, -0.05) is 12.1 Å². The van der Waals surface area contributed by atoms with Crippen LogP contribution in [0.4, 0.5) is 0 Å². The Morgan fingerprint density at radius 2 is 1.84 bits per heavy atom. The molecule has 2 aromatic heterocycles. The lowest BCUT2D eigenvalue weighted by molar-refractivity contribution is -0.121. The zero-order valence-electron chi connectivity index (χ0n) is 14.3. The molecule has 1 aromatic carbocycles. The van der Waals surface area contributed by atoms with E-state index in [2.05, 4.69) is 15.3 Å². The topological polar surface area (TPSA) is 76.9 Å². The molecule has 0 atom stereocenters. The Morgan fingerprint density at radius 1 is 1.12 bits per heavy atom. The van der Waals surface area contributed by atoms with Gasteiger partial charge < -0.3 is 9.88 Å². The van der Waals surface area contributed by atoms with E-state index >= 15 is 0 Å². The number of benzene rings is 1. The van der Waals surface area contributed by atoms with Crippen molar-refractivity contribution in [2.45, 2.75) is 26.8 Å². The van der Waals surface area contributed by atoms with Crippen LogP contribution >= 0.6 is 0 Å². The van der Waals surface area contributed by atoms with Crippen LogP contribution in [0.1, 0.15) is 17.2 Å². The lowest BCUT2D eigenvalue weighted by Gasteiger charge is -2.11. The van der Waals surface area contributed by atoms with Gasteiger partial charge in [0.25, 0.3) is 0 Å². The first-order valence-corrected chi connectivity index (χ1v) is 8.19. The van der Waals surface area contributed by atoms with E-state index in [0.29, 0.717) is 18.4 Å². The molecule has 0 bridgehead atoms. The van der Waals surface area contributed by atoms with Crippen LogP contribution in [0.15, 0.2) is 47.4 Å². The number of fused-ring (bicyclic) bond motifs is 1. The summed E-state index contributed by atoms with van der Waals surface area (Å²) in [4.78, 5) is 32.8. The molecule has 6 nitrogen and oxygen atoms in total. The highest BCUT2D eigenvalue weighted by Crippen LogP contribution is 2.09. The van der Waals surface area contributed by atoms with E-state index in [1.807, 2.05) is 38.1 Å². The van der Waals surface area contributed by atoms with E-state index in [1.165, 1.54) is 6.07 Å². The smallest absolute Gasteiger partial charge is 0.239 e. The van der Waals surface area contributed by atoms with Gasteiger partial charge in [0.2, 0.25) is 5.91 Å². The summed E-state index contributed by atoms with van der Waals surface area (Å²) < 4.78 is 1.78. The number of nitrogens with zero attached hydrogens (tertiary/aromatic N) is 3. The SMILES string of the molecule is Cc1cc(C)nc(CCNC(=O)Cn2ccc(=O)c3ccccc32)n1. The average molecular weight is 336 g/mol. The molecule has 1 amide bonds. The number of nitrogens with one attached hydrogen (secondary N) is 1. The Morgan fingerprint density at radius 3 is 2.60 bits per heavy atom. The number of para-hydroxylation sites is 1. The molecule has 0 fully saturated rings. The van der Waals surface area contributed by atoms with Crippen LogP contribution in [-0.2, 0) is 17.8 Å². The van der Waals surface area contributed by atoms with Crippen molar-refractivity contribution in [3.63, 3.8) is 0 Å². The Balaban J connectivity index is 1.63.